The van der Waals surface area contributed by atoms with Gasteiger partial charge in [-0.15, -0.1) is 0 Å². The number of nitrogens with two attached hydrogens (primary N) is 1. The molecule has 8 nitrogen and oxygen atoms in total. The number of piperidine rings is 1. The largest absolute Gasteiger partial charge is 0.369 e. The van der Waals surface area contributed by atoms with E-state index in [2.05, 4.69) is 0 Å². The summed E-state index contributed by atoms with van der Waals surface area (Å²) in [6, 6.07) is 15.3. The van der Waals surface area contributed by atoms with Gasteiger partial charge in [0.05, 0.1) is 10.5 Å². The Balaban J connectivity index is 1.48. The highest BCUT2D eigenvalue weighted by molar-refractivity contribution is 8.26. The number of thioether (sulfide) groups is 1. The molecule has 2 aliphatic rings. The number of aromatic nitrogens is 2. The van der Waals surface area contributed by atoms with Crippen LogP contribution in [0.4, 0.5) is 5.82 Å². The molecule has 0 spiro atoms. The van der Waals surface area contributed by atoms with Gasteiger partial charge in [0.1, 0.15) is 15.8 Å². The van der Waals surface area contributed by atoms with Gasteiger partial charge in [0.15, 0.2) is 0 Å². The highest BCUT2D eigenvalue weighted by Gasteiger charge is 2.33. The standard InChI is InChI=1S/C26H25N5O3S2/c27-22(32)18-10-13-29(14-11-18)23-19(24(33)30-12-5-4-8-21(30)28-23)16-20-25(34)31(26(35)36-20)15-9-17-6-2-1-3-7-17/h1-8,12,16,18H,9-11,13-15H2,(H2,27,32). The molecule has 2 saturated heterocycles. The molecular weight excluding hydrogens is 494 g/mol. The molecule has 36 heavy (non-hydrogen) atoms. The van der Waals surface area contributed by atoms with Gasteiger partial charge in [0.2, 0.25) is 5.91 Å². The van der Waals surface area contributed by atoms with E-state index in [0.717, 1.165) is 5.56 Å². The number of anilines is 1. The van der Waals surface area contributed by atoms with Crippen LogP contribution in [0.1, 0.15) is 24.0 Å². The Labute approximate surface area is 217 Å². The minimum Gasteiger partial charge on any atom is -0.369 e. The number of primary amides is 1. The summed E-state index contributed by atoms with van der Waals surface area (Å²) >= 11 is 6.70. The van der Waals surface area contributed by atoms with E-state index in [1.807, 2.05) is 41.3 Å². The highest BCUT2D eigenvalue weighted by atomic mass is 32.2. The molecule has 0 saturated carbocycles. The number of nitrogens with zero attached hydrogens (tertiary/aromatic N) is 4. The Morgan fingerprint density at radius 1 is 1.11 bits per heavy atom. The number of carbonyl (C=O) groups is 2. The zero-order valence-corrected chi connectivity index (χ0v) is 21.1. The molecule has 0 aliphatic carbocycles. The van der Waals surface area contributed by atoms with Crippen LogP contribution in [-0.4, -0.2) is 50.1 Å². The number of rotatable bonds is 6. The van der Waals surface area contributed by atoms with Crippen molar-refractivity contribution in [3.8, 4) is 0 Å². The molecule has 2 fully saturated rings. The normalized spacial score (nSPS) is 17.9. The van der Waals surface area contributed by atoms with Crippen LogP contribution in [0.3, 0.4) is 0 Å². The molecule has 1 aromatic carbocycles. The lowest BCUT2D eigenvalue weighted by Gasteiger charge is -2.32. The summed E-state index contributed by atoms with van der Waals surface area (Å²) in [4.78, 5) is 47.2. The molecule has 3 aromatic rings. The van der Waals surface area contributed by atoms with Crippen molar-refractivity contribution in [2.45, 2.75) is 19.3 Å². The second-order valence-electron chi connectivity index (χ2n) is 8.82. The van der Waals surface area contributed by atoms with Crippen LogP contribution in [0.2, 0.25) is 0 Å². The Morgan fingerprint density at radius 3 is 2.56 bits per heavy atom. The van der Waals surface area contributed by atoms with Crippen molar-refractivity contribution in [2.24, 2.45) is 11.7 Å². The fourth-order valence-corrected chi connectivity index (χ4v) is 5.83. The maximum Gasteiger partial charge on any atom is 0.267 e. The average molecular weight is 520 g/mol. The smallest absolute Gasteiger partial charge is 0.267 e. The number of fused-ring (bicyclic) bond motifs is 1. The fraction of sp³-hybridized carbons (Fsp3) is 0.269. The number of hydrogen-bond donors (Lipinski definition) is 1. The predicted octanol–water partition coefficient (Wildman–Crippen LogP) is 2.84. The van der Waals surface area contributed by atoms with Crippen molar-refractivity contribution in [3.63, 3.8) is 0 Å². The summed E-state index contributed by atoms with van der Waals surface area (Å²) in [6.45, 7) is 1.55. The minimum absolute atomic E-state index is 0.188. The first-order valence-electron chi connectivity index (χ1n) is 11.8. The first-order chi connectivity index (χ1) is 17.4. The maximum absolute atomic E-state index is 13.5. The Morgan fingerprint density at radius 2 is 1.83 bits per heavy atom. The molecule has 5 rings (SSSR count). The SMILES string of the molecule is NC(=O)C1CCN(c2nc3ccccn3c(=O)c2C=C2SC(=S)N(CCc3ccccc3)C2=O)CC1. The number of hydrogen-bond acceptors (Lipinski definition) is 7. The summed E-state index contributed by atoms with van der Waals surface area (Å²) in [5.74, 6) is -0.201. The number of thiocarbonyl (C=S) groups is 1. The highest BCUT2D eigenvalue weighted by Crippen LogP contribution is 2.34. The lowest BCUT2D eigenvalue weighted by Crippen LogP contribution is -2.40. The van der Waals surface area contributed by atoms with Gasteiger partial charge < -0.3 is 10.6 Å². The third-order valence-electron chi connectivity index (χ3n) is 6.56. The van der Waals surface area contributed by atoms with E-state index in [1.165, 1.54) is 16.2 Å². The Hall–Kier alpha value is -3.50. The van der Waals surface area contributed by atoms with Gasteiger partial charge >= 0.3 is 0 Å². The lowest BCUT2D eigenvalue weighted by molar-refractivity contribution is -0.123. The predicted molar refractivity (Wildman–Crippen MR) is 146 cm³/mol. The minimum atomic E-state index is -0.305. The summed E-state index contributed by atoms with van der Waals surface area (Å²) < 4.78 is 1.95. The Bertz CT molecular complexity index is 1430. The molecule has 2 amide bonds. The van der Waals surface area contributed by atoms with Crippen LogP contribution in [0.5, 0.6) is 0 Å². The van der Waals surface area contributed by atoms with Crippen LogP contribution in [-0.2, 0) is 16.0 Å². The van der Waals surface area contributed by atoms with Gasteiger partial charge in [0.25, 0.3) is 11.5 Å². The van der Waals surface area contributed by atoms with Gasteiger partial charge in [-0.3, -0.25) is 23.7 Å². The van der Waals surface area contributed by atoms with Crippen LogP contribution in [0.15, 0.2) is 64.4 Å². The molecule has 184 valence electrons. The maximum atomic E-state index is 13.5. The van der Waals surface area contributed by atoms with E-state index in [9.17, 15) is 14.4 Å². The first kappa shape index (κ1) is 24.2. The van der Waals surface area contributed by atoms with E-state index >= 15 is 0 Å². The topological polar surface area (TPSA) is 101 Å². The van der Waals surface area contributed by atoms with Gasteiger partial charge in [-0.25, -0.2) is 4.98 Å². The van der Waals surface area contributed by atoms with E-state index < -0.39 is 0 Å². The second kappa shape index (κ2) is 10.2. The molecular formula is C26H25N5O3S2. The van der Waals surface area contributed by atoms with Crippen molar-refractivity contribution in [2.75, 3.05) is 24.5 Å². The quantitative estimate of drug-likeness (QED) is 0.395. The van der Waals surface area contributed by atoms with Crippen LogP contribution >= 0.6 is 24.0 Å². The van der Waals surface area contributed by atoms with E-state index in [-0.39, 0.29) is 23.3 Å². The van der Waals surface area contributed by atoms with Crippen molar-refractivity contribution in [3.05, 3.63) is 81.1 Å². The third kappa shape index (κ3) is 4.78. The third-order valence-corrected chi connectivity index (χ3v) is 7.94. The molecule has 2 N–H and O–H groups in total. The monoisotopic (exact) mass is 519 g/mol. The summed E-state index contributed by atoms with van der Waals surface area (Å²) in [6.07, 6.45) is 5.14. The molecule has 2 aliphatic heterocycles. The van der Waals surface area contributed by atoms with Gasteiger partial charge in [-0.2, -0.15) is 0 Å². The molecule has 2 aromatic heterocycles. The first-order valence-corrected chi connectivity index (χ1v) is 13.0. The summed E-state index contributed by atoms with van der Waals surface area (Å²) in [5.41, 5.74) is 7.21. The van der Waals surface area contributed by atoms with Crippen molar-refractivity contribution in [1.82, 2.24) is 14.3 Å². The van der Waals surface area contributed by atoms with Crippen molar-refractivity contribution in [1.29, 1.82) is 0 Å². The molecule has 0 bridgehead atoms. The lowest BCUT2D eigenvalue weighted by atomic mass is 9.96. The van der Waals surface area contributed by atoms with Crippen LogP contribution in [0, 0.1) is 5.92 Å². The van der Waals surface area contributed by atoms with E-state index in [1.54, 1.807) is 29.3 Å². The molecule has 0 radical (unpaired) electrons. The van der Waals surface area contributed by atoms with E-state index in [4.69, 9.17) is 22.9 Å². The van der Waals surface area contributed by atoms with Crippen molar-refractivity contribution < 1.29 is 9.59 Å². The van der Waals surface area contributed by atoms with Crippen LogP contribution in [0.25, 0.3) is 11.7 Å². The zero-order valence-electron chi connectivity index (χ0n) is 19.5. The number of benzene rings is 1. The number of carbonyl (C=O) groups excluding carboxylic acids is 2. The summed E-state index contributed by atoms with van der Waals surface area (Å²) in [7, 11) is 0. The Kier molecular flexibility index (Phi) is 6.88. The van der Waals surface area contributed by atoms with Gasteiger partial charge in [-0.1, -0.05) is 60.4 Å². The number of pyridine rings is 1. The van der Waals surface area contributed by atoms with E-state index in [0.29, 0.717) is 65.2 Å². The van der Waals surface area contributed by atoms with Gasteiger partial charge in [0, 0.05) is 31.7 Å². The van der Waals surface area contributed by atoms with Gasteiger partial charge in [-0.05, 0) is 43.0 Å². The van der Waals surface area contributed by atoms with Crippen molar-refractivity contribution >= 4 is 57.7 Å². The average Bonchev–Trinajstić information content (AvgIpc) is 3.16. The second-order valence-corrected chi connectivity index (χ2v) is 10.5. The number of amides is 2. The molecule has 4 heterocycles. The fourth-order valence-electron chi connectivity index (χ4n) is 4.54. The zero-order chi connectivity index (χ0) is 25.2. The molecule has 10 heteroatoms. The molecule has 0 unspecified atom stereocenters. The molecule has 0 atom stereocenters. The summed E-state index contributed by atoms with van der Waals surface area (Å²) in [5, 5.41) is 0. The van der Waals surface area contributed by atoms with Crippen LogP contribution < -0.4 is 16.2 Å².